The molecule has 66 valence electrons. The van der Waals surface area contributed by atoms with Crippen molar-refractivity contribution >= 4 is 0 Å². The maximum atomic E-state index is 3.91. The van der Waals surface area contributed by atoms with Crippen molar-refractivity contribution in [1.82, 2.24) is 4.57 Å². The zero-order valence-electron chi connectivity index (χ0n) is 8.44. The second kappa shape index (κ2) is 3.18. The minimum Gasteiger partial charge on any atom is -0.347 e. The van der Waals surface area contributed by atoms with Crippen molar-refractivity contribution in [2.75, 3.05) is 0 Å². The van der Waals surface area contributed by atoms with E-state index in [0.29, 0.717) is 0 Å². The summed E-state index contributed by atoms with van der Waals surface area (Å²) in [6.07, 6.45) is 2.19. The first kappa shape index (κ1) is 9.11. The fraction of sp³-hybridized carbons (Fsp3) is 0.455. The third kappa shape index (κ3) is 1.60. The highest BCUT2D eigenvalue weighted by atomic mass is 15.0. The molecule has 1 heterocycles. The summed E-state index contributed by atoms with van der Waals surface area (Å²) >= 11 is 0. The molecule has 1 nitrogen and oxygen atoms in total. The van der Waals surface area contributed by atoms with Crippen LogP contribution in [0.15, 0.2) is 18.3 Å². The number of hydrogen-bond donors (Lipinski definition) is 0. The van der Waals surface area contributed by atoms with E-state index in [-0.39, 0.29) is 0 Å². The van der Waals surface area contributed by atoms with Crippen LogP contribution in [0.4, 0.5) is 0 Å². The van der Waals surface area contributed by atoms with Crippen LogP contribution in [0.2, 0.25) is 0 Å². The first-order chi connectivity index (χ1) is 5.52. The predicted octanol–water partition coefficient (Wildman–Crippen LogP) is 2.99. The van der Waals surface area contributed by atoms with E-state index in [4.69, 9.17) is 0 Å². The summed E-state index contributed by atoms with van der Waals surface area (Å²) in [5.74, 6) is 0. The second-order valence-electron chi connectivity index (χ2n) is 3.61. The third-order valence-corrected chi connectivity index (χ3v) is 2.35. The average molecular weight is 163 g/mol. The Morgan fingerprint density at radius 3 is 2.33 bits per heavy atom. The van der Waals surface area contributed by atoms with Gasteiger partial charge in [-0.3, -0.25) is 0 Å². The van der Waals surface area contributed by atoms with Crippen LogP contribution in [0, 0.1) is 20.8 Å². The Bertz CT molecular complexity index is 305. The Morgan fingerprint density at radius 1 is 1.42 bits per heavy atom. The van der Waals surface area contributed by atoms with Crippen molar-refractivity contribution in [2.24, 2.45) is 0 Å². The Hall–Kier alpha value is -0.980. The Labute approximate surface area is 74.7 Å². The molecule has 1 heteroatoms. The van der Waals surface area contributed by atoms with E-state index < -0.39 is 0 Å². The van der Waals surface area contributed by atoms with Crippen molar-refractivity contribution < 1.29 is 0 Å². The van der Waals surface area contributed by atoms with Gasteiger partial charge in [-0.2, -0.15) is 0 Å². The maximum absolute atomic E-state index is 3.91. The zero-order chi connectivity index (χ0) is 9.30. The molecule has 0 saturated heterocycles. The standard InChI is InChI=1S/C11H17N/c1-8(2)6-12-7-9(3)10(4)11(12)5/h7H,1,6H2,2-5H3. The first-order valence-electron chi connectivity index (χ1n) is 4.29. The highest BCUT2D eigenvalue weighted by molar-refractivity contribution is 5.29. The summed E-state index contributed by atoms with van der Waals surface area (Å²) in [4.78, 5) is 0. The molecule has 0 unspecified atom stereocenters. The number of allylic oxidation sites excluding steroid dienone is 1. The van der Waals surface area contributed by atoms with E-state index in [0.717, 1.165) is 6.54 Å². The molecule has 0 N–H and O–H groups in total. The van der Waals surface area contributed by atoms with E-state index in [2.05, 4.69) is 45.0 Å². The minimum absolute atomic E-state index is 0.945. The molecule has 0 saturated carbocycles. The van der Waals surface area contributed by atoms with Crippen LogP contribution in [0.1, 0.15) is 23.7 Å². The summed E-state index contributed by atoms with van der Waals surface area (Å²) < 4.78 is 2.26. The van der Waals surface area contributed by atoms with Gasteiger partial charge in [0.1, 0.15) is 0 Å². The zero-order valence-corrected chi connectivity index (χ0v) is 8.44. The molecule has 0 radical (unpaired) electrons. The molecule has 1 aromatic rings. The molecular weight excluding hydrogens is 146 g/mol. The van der Waals surface area contributed by atoms with Crippen LogP contribution in [-0.2, 0) is 6.54 Å². The van der Waals surface area contributed by atoms with Crippen molar-refractivity contribution in [3.8, 4) is 0 Å². The highest BCUT2D eigenvalue weighted by Gasteiger charge is 2.03. The normalized spacial score (nSPS) is 10.3. The van der Waals surface area contributed by atoms with Crippen LogP contribution in [-0.4, -0.2) is 4.57 Å². The Morgan fingerprint density at radius 2 is 2.00 bits per heavy atom. The quantitative estimate of drug-likeness (QED) is 0.591. The van der Waals surface area contributed by atoms with Gasteiger partial charge in [0.05, 0.1) is 0 Å². The monoisotopic (exact) mass is 163 g/mol. The van der Waals surface area contributed by atoms with E-state index in [9.17, 15) is 0 Å². The largest absolute Gasteiger partial charge is 0.347 e. The second-order valence-corrected chi connectivity index (χ2v) is 3.61. The van der Waals surface area contributed by atoms with Crippen LogP contribution in [0.25, 0.3) is 0 Å². The van der Waals surface area contributed by atoms with Gasteiger partial charge in [-0.25, -0.2) is 0 Å². The highest BCUT2D eigenvalue weighted by Crippen LogP contribution is 2.15. The van der Waals surface area contributed by atoms with E-state index in [1.54, 1.807) is 0 Å². The van der Waals surface area contributed by atoms with Crippen LogP contribution < -0.4 is 0 Å². The molecular formula is C11H17N. The van der Waals surface area contributed by atoms with Gasteiger partial charge >= 0.3 is 0 Å². The van der Waals surface area contributed by atoms with Crippen molar-refractivity contribution in [2.45, 2.75) is 34.2 Å². The maximum Gasteiger partial charge on any atom is 0.0427 e. The predicted molar refractivity (Wildman–Crippen MR) is 53.5 cm³/mol. The molecule has 1 aromatic heterocycles. The Balaban J connectivity index is 3.01. The topological polar surface area (TPSA) is 4.93 Å². The lowest BCUT2D eigenvalue weighted by atomic mass is 10.2. The van der Waals surface area contributed by atoms with E-state index in [1.807, 2.05) is 0 Å². The lowest BCUT2D eigenvalue weighted by molar-refractivity contribution is 0.761. The smallest absolute Gasteiger partial charge is 0.0427 e. The number of nitrogens with zero attached hydrogens (tertiary/aromatic N) is 1. The van der Waals surface area contributed by atoms with Crippen LogP contribution in [0.3, 0.4) is 0 Å². The van der Waals surface area contributed by atoms with Crippen LogP contribution >= 0.6 is 0 Å². The number of aromatic nitrogens is 1. The number of hydrogen-bond acceptors (Lipinski definition) is 0. The first-order valence-corrected chi connectivity index (χ1v) is 4.29. The number of aryl methyl sites for hydroxylation is 1. The molecule has 0 aliphatic rings. The molecule has 1 rings (SSSR count). The molecule has 0 atom stereocenters. The lowest BCUT2D eigenvalue weighted by Crippen LogP contribution is -1.98. The van der Waals surface area contributed by atoms with Crippen molar-refractivity contribution in [3.05, 3.63) is 35.2 Å². The van der Waals surface area contributed by atoms with Gasteiger partial charge in [0.2, 0.25) is 0 Å². The number of rotatable bonds is 2. The van der Waals surface area contributed by atoms with E-state index >= 15 is 0 Å². The molecule has 0 bridgehead atoms. The summed E-state index contributed by atoms with van der Waals surface area (Å²) in [7, 11) is 0. The van der Waals surface area contributed by atoms with Gasteiger partial charge in [-0.15, -0.1) is 0 Å². The average Bonchev–Trinajstić information content (AvgIpc) is 2.17. The fourth-order valence-corrected chi connectivity index (χ4v) is 1.38. The van der Waals surface area contributed by atoms with Gasteiger partial charge in [0.15, 0.2) is 0 Å². The fourth-order valence-electron chi connectivity index (χ4n) is 1.38. The summed E-state index contributed by atoms with van der Waals surface area (Å²) in [5.41, 5.74) is 5.33. The van der Waals surface area contributed by atoms with Crippen molar-refractivity contribution in [3.63, 3.8) is 0 Å². The van der Waals surface area contributed by atoms with Gasteiger partial charge in [0, 0.05) is 18.4 Å². The molecule has 12 heavy (non-hydrogen) atoms. The Kier molecular flexibility index (Phi) is 2.41. The van der Waals surface area contributed by atoms with Gasteiger partial charge < -0.3 is 4.57 Å². The third-order valence-electron chi connectivity index (χ3n) is 2.35. The molecule has 0 aromatic carbocycles. The lowest BCUT2D eigenvalue weighted by Gasteiger charge is -2.04. The summed E-state index contributed by atoms with van der Waals surface area (Å²) in [6.45, 7) is 13.4. The minimum atomic E-state index is 0.945. The van der Waals surface area contributed by atoms with Gasteiger partial charge in [-0.1, -0.05) is 12.2 Å². The van der Waals surface area contributed by atoms with E-state index in [1.165, 1.54) is 22.4 Å². The van der Waals surface area contributed by atoms with Gasteiger partial charge in [0.25, 0.3) is 0 Å². The molecule has 0 aliphatic carbocycles. The molecule has 0 aliphatic heterocycles. The molecule has 0 spiro atoms. The SMILES string of the molecule is C=C(C)Cn1cc(C)c(C)c1C. The summed E-state index contributed by atoms with van der Waals surface area (Å²) in [6, 6.07) is 0. The van der Waals surface area contributed by atoms with Crippen molar-refractivity contribution in [1.29, 1.82) is 0 Å². The summed E-state index contributed by atoms with van der Waals surface area (Å²) in [5, 5.41) is 0. The van der Waals surface area contributed by atoms with Gasteiger partial charge in [-0.05, 0) is 38.8 Å². The van der Waals surface area contributed by atoms with Crippen LogP contribution in [0.5, 0.6) is 0 Å². The molecule has 0 amide bonds. The molecule has 0 fully saturated rings.